The molecule has 2 heterocycles. The molecule has 1 aliphatic rings. The van der Waals surface area contributed by atoms with Crippen LogP contribution in [-0.2, 0) is 6.54 Å². The number of nitrogens with one attached hydrogen (secondary N) is 2. The minimum absolute atomic E-state index is 0.0314. The van der Waals surface area contributed by atoms with Crippen LogP contribution in [0.3, 0.4) is 0 Å². The highest BCUT2D eigenvalue weighted by molar-refractivity contribution is 5.97. The van der Waals surface area contributed by atoms with Crippen molar-refractivity contribution in [1.82, 2.24) is 19.8 Å². The lowest BCUT2D eigenvalue weighted by atomic mass is 10.1. The van der Waals surface area contributed by atoms with E-state index in [0.29, 0.717) is 28.6 Å². The standard InChI is InChI=1S/C23H25FN4O3/c24-18-7-4-16(5-8-18)15-28-22(30)19-9-6-17(14-20(19)26-23(28)31)21(29)25-10-3-13-27-11-1-2-12-27/h4-9,14H,1-3,10-13,15H2,(H,25,29)(H,26,31). The molecule has 0 bridgehead atoms. The first kappa shape index (κ1) is 21.0. The van der Waals surface area contributed by atoms with Gasteiger partial charge in [0.25, 0.3) is 11.5 Å². The summed E-state index contributed by atoms with van der Waals surface area (Å²) in [5.74, 6) is -0.620. The van der Waals surface area contributed by atoms with Crippen LogP contribution in [0.5, 0.6) is 0 Å². The maximum atomic E-state index is 13.1. The van der Waals surface area contributed by atoms with E-state index < -0.39 is 11.2 Å². The summed E-state index contributed by atoms with van der Waals surface area (Å²) in [6, 6.07) is 10.3. The molecule has 0 unspecified atom stereocenters. The maximum Gasteiger partial charge on any atom is 0.329 e. The minimum atomic E-state index is -0.579. The van der Waals surface area contributed by atoms with Crippen molar-refractivity contribution in [1.29, 1.82) is 0 Å². The molecule has 0 atom stereocenters. The summed E-state index contributed by atoms with van der Waals surface area (Å²) in [5, 5.41) is 3.21. The lowest BCUT2D eigenvalue weighted by Gasteiger charge is -2.14. The van der Waals surface area contributed by atoms with Gasteiger partial charge in [0.15, 0.2) is 0 Å². The van der Waals surface area contributed by atoms with E-state index in [1.54, 1.807) is 12.1 Å². The van der Waals surface area contributed by atoms with Crippen molar-refractivity contribution >= 4 is 16.8 Å². The van der Waals surface area contributed by atoms with E-state index in [1.165, 1.54) is 43.2 Å². The van der Waals surface area contributed by atoms with Crippen molar-refractivity contribution in [2.75, 3.05) is 26.2 Å². The van der Waals surface area contributed by atoms with E-state index in [0.717, 1.165) is 30.6 Å². The van der Waals surface area contributed by atoms with E-state index in [2.05, 4.69) is 15.2 Å². The molecule has 3 aromatic rings. The van der Waals surface area contributed by atoms with Crippen LogP contribution in [0.15, 0.2) is 52.1 Å². The van der Waals surface area contributed by atoms with Gasteiger partial charge in [0, 0.05) is 12.1 Å². The first-order valence-electron chi connectivity index (χ1n) is 10.5. The van der Waals surface area contributed by atoms with E-state index in [9.17, 15) is 18.8 Å². The Kier molecular flexibility index (Phi) is 6.27. The molecule has 1 aliphatic heterocycles. The van der Waals surface area contributed by atoms with E-state index in [4.69, 9.17) is 0 Å². The number of carbonyl (C=O) groups is 1. The number of rotatable bonds is 7. The molecule has 7 nitrogen and oxygen atoms in total. The van der Waals surface area contributed by atoms with Gasteiger partial charge in [0.05, 0.1) is 17.4 Å². The predicted octanol–water partition coefficient (Wildman–Crippen LogP) is 2.09. The number of likely N-dealkylation sites (tertiary alicyclic amines) is 1. The number of benzene rings is 2. The highest BCUT2D eigenvalue weighted by atomic mass is 19.1. The molecule has 0 spiro atoms. The van der Waals surface area contributed by atoms with Crippen LogP contribution in [-0.4, -0.2) is 46.5 Å². The molecule has 0 saturated carbocycles. The zero-order valence-corrected chi connectivity index (χ0v) is 17.2. The van der Waals surface area contributed by atoms with Gasteiger partial charge in [0.1, 0.15) is 5.82 Å². The Morgan fingerprint density at radius 2 is 1.81 bits per heavy atom. The Morgan fingerprint density at radius 1 is 1.06 bits per heavy atom. The summed E-state index contributed by atoms with van der Waals surface area (Å²) in [6.45, 7) is 3.83. The summed E-state index contributed by atoms with van der Waals surface area (Å²) in [4.78, 5) is 42.8. The number of H-pyrrole nitrogens is 1. The van der Waals surface area contributed by atoms with Crippen LogP contribution in [0, 0.1) is 5.82 Å². The third-order valence-electron chi connectivity index (χ3n) is 5.63. The van der Waals surface area contributed by atoms with Crippen molar-refractivity contribution in [3.8, 4) is 0 Å². The van der Waals surface area contributed by atoms with Crippen molar-refractivity contribution in [2.24, 2.45) is 0 Å². The first-order chi connectivity index (χ1) is 15.0. The van der Waals surface area contributed by atoms with Crippen molar-refractivity contribution in [2.45, 2.75) is 25.8 Å². The highest BCUT2D eigenvalue weighted by Gasteiger charge is 2.13. The van der Waals surface area contributed by atoms with E-state index in [1.807, 2.05) is 0 Å². The first-order valence-corrected chi connectivity index (χ1v) is 10.5. The second-order valence-corrected chi connectivity index (χ2v) is 7.87. The van der Waals surface area contributed by atoms with Crippen LogP contribution in [0.2, 0.25) is 0 Å². The van der Waals surface area contributed by atoms with Gasteiger partial charge in [-0.05, 0) is 74.8 Å². The lowest BCUT2D eigenvalue weighted by molar-refractivity contribution is 0.0952. The monoisotopic (exact) mass is 424 g/mol. The Labute approximate surface area is 178 Å². The number of hydrogen-bond acceptors (Lipinski definition) is 4. The van der Waals surface area contributed by atoms with Gasteiger partial charge in [-0.25, -0.2) is 9.18 Å². The van der Waals surface area contributed by atoms with Crippen molar-refractivity contribution in [3.05, 3.63) is 80.2 Å². The van der Waals surface area contributed by atoms with Crippen LogP contribution in [0.4, 0.5) is 4.39 Å². The fourth-order valence-corrected chi connectivity index (χ4v) is 3.92. The fourth-order valence-electron chi connectivity index (χ4n) is 3.92. The summed E-state index contributed by atoms with van der Waals surface area (Å²) < 4.78 is 14.2. The number of amides is 1. The highest BCUT2D eigenvalue weighted by Crippen LogP contribution is 2.11. The summed E-state index contributed by atoms with van der Waals surface area (Å²) >= 11 is 0. The molecule has 2 N–H and O–H groups in total. The number of nitrogens with zero attached hydrogens (tertiary/aromatic N) is 2. The van der Waals surface area contributed by atoms with Crippen LogP contribution in [0.25, 0.3) is 10.9 Å². The molecule has 0 aliphatic carbocycles. The number of halogens is 1. The summed E-state index contributed by atoms with van der Waals surface area (Å²) in [5.41, 5.74) is 0.305. The van der Waals surface area contributed by atoms with Crippen LogP contribution in [0.1, 0.15) is 35.2 Å². The second-order valence-electron chi connectivity index (χ2n) is 7.87. The average molecular weight is 424 g/mol. The molecule has 8 heteroatoms. The predicted molar refractivity (Wildman–Crippen MR) is 117 cm³/mol. The zero-order chi connectivity index (χ0) is 21.8. The smallest absolute Gasteiger partial charge is 0.329 e. The fraction of sp³-hybridized carbons (Fsp3) is 0.348. The number of fused-ring (bicyclic) bond motifs is 1. The number of aromatic amines is 1. The Hall–Kier alpha value is -3.26. The van der Waals surface area contributed by atoms with Gasteiger partial charge in [-0.1, -0.05) is 12.1 Å². The average Bonchev–Trinajstić information content (AvgIpc) is 3.28. The van der Waals surface area contributed by atoms with Gasteiger partial charge < -0.3 is 15.2 Å². The SMILES string of the molecule is O=C(NCCCN1CCCC1)c1ccc2c(=O)n(Cc3ccc(F)cc3)c(=O)[nH]c2c1. The van der Waals surface area contributed by atoms with Gasteiger partial charge in [0.2, 0.25) is 0 Å². The van der Waals surface area contributed by atoms with Crippen molar-refractivity contribution < 1.29 is 9.18 Å². The molecule has 1 aromatic heterocycles. The molecule has 162 valence electrons. The van der Waals surface area contributed by atoms with Gasteiger partial charge >= 0.3 is 5.69 Å². The van der Waals surface area contributed by atoms with Crippen molar-refractivity contribution in [3.63, 3.8) is 0 Å². The molecule has 1 amide bonds. The number of carbonyl (C=O) groups excluding carboxylic acids is 1. The summed E-state index contributed by atoms with van der Waals surface area (Å²) in [7, 11) is 0. The molecular formula is C23H25FN4O3. The van der Waals surface area contributed by atoms with Gasteiger partial charge in [-0.3, -0.25) is 14.2 Å². The van der Waals surface area contributed by atoms with E-state index in [-0.39, 0.29) is 18.3 Å². The zero-order valence-electron chi connectivity index (χ0n) is 17.2. The minimum Gasteiger partial charge on any atom is -0.352 e. The largest absolute Gasteiger partial charge is 0.352 e. The topological polar surface area (TPSA) is 87.2 Å². The molecule has 0 radical (unpaired) electrons. The molecule has 1 fully saturated rings. The maximum absolute atomic E-state index is 13.1. The van der Waals surface area contributed by atoms with Crippen LogP contribution >= 0.6 is 0 Å². The summed E-state index contributed by atoms with van der Waals surface area (Å²) in [6.07, 6.45) is 3.37. The molecule has 31 heavy (non-hydrogen) atoms. The Balaban J connectivity index is 1.47. The van der Waals surface area contributed by atoms with Gasteiger partial charge in [-0.15, -0.1) is 0 Å². The third kappa shape index (κ3) is 4.91. The van der Waals surface area contributed by atoms with Gasteiger partial charge in [-0.2, -0.15) is 0 Å². The normalized spacial score (nSPS) is 14.2. The number of aromatic nitrogens is 2. The quantitative estimate of drug-likeness (QED) is 0.569. The lowest BCUT2D eigenvalue weighted by Crippen LogP contribution is -2.35. The molecule has 2 aromatic carbocycles. The van der Waals surface area contributed by atoms with Crippen LogP contribution < -0.4 is 16.6 Å². The molecular weight excluding hydrogens is 399 g/mol. The second kappa shape index (κ2) is 9.26. The Morgan fingerprint density at radius 3 is 2.55 bits per heavy atom. The Bertz CT molecular complexity index is 1190. The number of hydrogen-bond donors (Lipinski definition) is 2. The van der Waals surface area contributed by atoms with E-state index >= 15 is 0 Å². The molecule has 1 saturated heterocycles. The third-order valence-corrected chi connectivity index (χ3v) is 5.63. The molecule has 4 rings (SSSR count).